The third-order valence-electron chi connectivity index (χ3n) is 3.11. The van der Waals surface area contributed by atoms with Gasteiger partial charge in [-0.1, -0.05) is 25.5 Å². The maximum atomic E-state index is 9.73. The van der Waals surface area contributed by atoms with Crippen molar-refractivity contribution < 1.29 is 9.84 Å². The van der Waals surface area contributed by atoms with Gasteiger partial charge in [-0.25, -0.2) is 0 Å². The summed E-state index contributed by atoms with van der Waals surface area (Å²) in [5.41, 5.74) is 1.40. The van der Waals surface area contributed by atoms with Crippen LogP contribution in [0, 0.1) is 11.3 Å². The average Bonchev–Trinajstić information content (AvgIpc) is 2.02. The maximum absolute atomic E-state index is 9.73. The molecular formula is C11H20O2. The van der Waals surface area contributed by atoms with E-state index in [2.05, 4.69) is 26.8 Å². The van der Waals surface area contributed by atoms with Crippen LogP contribution in [-0.2, 0) is 4.74 Å². The zero-order chi connectivity index (χ0) is 10.1. The Labute approximate surface area is 80.6 Å². The molecule has 76 valence electrons. The Balaban J connectivity index is 2.87. The SMILES string of the molecule is COC(O)C1C(C)=CCCC1(C)C. The highest BCUT2D eigenvalue weighted by Gasteiger charge is 2.37. The number of aliphatic hydroxyl groups is 1. The summed E-state index contributed by atoms with van der Waals surface area (Å²) in [5.74, 6) is 0.145. The Hall–Kier alpha value is -0.340. The first-order valence-electron chi connectivity index (χ1n) is 4.86. The van der Waals surface area contributed by atoms with Gasteiger partial charge in [-0.15, -0.1) is 0 Å². The third-order valence-corrected chi connectivity index (χ3v) is 3.11. The molecule has 2 heteroatoms. The summed E-state index contributed by atoms with van der Waals surface area (Å²) in [6, 6.07) is 0. The molecule has 0 amide bonds. The molecule has 0 bridgehead atoms. The molecule has 0 aromatic rings. The lowest BCUT2D eigenvalue weighted by molar-refractivity contribution is -0.132. The highest BCUT2D eigenvalue weighted by Crippen LogP contribution is 2.42. The van der Waals surface area contributed by atoms with Crippen molar-refractivity contribution in [3.63, 3.8) is 0 Å². The second kappa shape index (κ2) is 3.81. The van der Waals surface area contributed by atoms with Crippen molar-refractivity contribution in [2.75, 3.05) is 7.11 Å². The van der Waals surface area contributed by atoms with Crippen LogP contribution in [0.15, 0.2) is 11.6 Å². The lowest BCUT2D eigenvalue weighted by Gasteiger charge is -2.40. The van der Waals surface area contributed by atoms with Gasteiger partial charge in [0.25, 0.3) is 0 Å². The molecule has 0 heterocycles. The van der Waals surface area contributed by atoms with Crippen LogP contribution in [0.2, 0.25) is 0 Å². The van der Waals surface area contributed by atoms with Crippen molar-refractivity contribution in [3.05, 3.63) is 11.6 Å². The minimum Gasteiger partial charge on any atom is -0.367 e. The van der Waals surface area contributed by atoms with Gasteiger partial charge in [-0.3, -0.25) is 0 Å². The van der Waals surface area contributed by atoms with Gasteiger partial charge < -0.3 is 9.84 Å². The molecule has 2 unspecified atom stereocenters. The fraction of sp³-hybridized carbons (Fsp3) is 0.818. The summed E-state index contributed by atoms with van der Waals surface area (Å²) in [6.07, 6.45) is 3.78. The number of ether oxygens (including phenoxy) is 1. The summed E-state index contributed by atoms with van der Waals surface area (Å²) in [6.45, 7) is 6.46. The van der Waals surface area contributed by atoms with E-state index in [0.717, 1.165) is 12.8 Å². The Kier molecular flexibility index (Phi) is 3.14. The molecule has 2 atom stereocenters. The van der Waals surface area contributed by atoms with Crippen LogP contribution < -0.4 is 0 Å². The van der Waals surface area contributed by atoms with Gasteiger partial charge in [-0.2, -0.15) is 0 Å². The lowest BCUT2D eigenvalue weighted by Crippen LogP contribution is -2.37. The second-order valence-electron chi connectivity index (χ2n) is 4.58. The van der Waals surface area contributed by atoms with Gasteiger partial charge in [0.1, 0.15) is 0 Å². The van der Waals surface area contributed by atoms with Crippen LogP contribution in [0.5, 0.6) is 0 Å². The number of hydrogen-bond donors (Lipinski definition) is 1. The molecule has 0 fully saturated rings. The molecule has 0 aliphatic heterocycles. The quantitative estimate of drug-likeness (QED) is 0.527. The van der Waals surface area contributed by atoms with E-state index in [-0.39, 0.29) is 11.3 Å². The van der Waals surface area contributed by atoms with E-state index in [1.165, 1.54) is 5.57 Å². The highest BCUT2D eigenvalue weighted by atomic mass is 16.6. The summed E-state index contributed by atoms with van der Waals surface area (Å²) < 4.78 is 5.01. The molecule has 0 saturated carbocycles. The van der Waals surface area contributed by atoms with E-state index >= 15 is 0 Å². The number of aliphatic hydroxyl groups excluding tert-OH is 1. The zero-order valence-electron chi connectivity index (χ0n) is 9.00. The molecule has 1 aliphatic rings. The Morgan fingerprint density at radius 1 is 1.62 bits per heavy atom. The minimum absolute atomic E-state index is 0.145. The van der Waals surface area contributed by atoms with Gasteiger partial charge in [0.05, 0.1) is 0 Å². The van der Waals surface area contributed by atoms with Gasteiger partial charge in [0, 0.05) is 13.0 Å². The molecule has 0 spiro atoms. The van der Waals surface area contributed by atoms with Crippen molar-refractivity contribution >= 4 is 0 Å². The Morgan fingerprint density at radius 3 is 2.69 bits per heavy atom. The molecule has 13 heavy (non-hydrogen) atoms. The van der Waals surface area contributed by atoms with E-state index in [4.69, 9.17) is 4.74 Å². The van der Waals surface area contributed by atoms with Crippen molar-refractivity contribution in [1.29, 1.82) is 0 Å². The van der Waals surface area contributed by atoms with Crippen LogP contribution in [0.3, 0.4) is 0 Å². The van der Waals surface area contributed by atoms with E-state index < -0.39 is 6.29 Å². The third kappa shape index (κ3) is 2.12. The minimum atomic E-state index is -0.661. The number of rotatable bonds is 2. The van der Waals surface area contributed by atoms with Crippen molar-refractivity contribution in [3.8, 4) is 0 Å². The standard InChI is InChI=1S/C11H20O2/c1-8-6-5-7-11(2,3)9(8)10(12)13-4/h6,9-10,12H,5,7H2,1-4H3. The maximum Gasteiger partial charge on any atom is 0.161 e. The molecule has 0 saturated heterocycles. The summed E-state index contributed by atoms with van der Waals surface area (Å²) in [7, 11) is 1.56. The normalized spacial score (nSPS) is 29.6. The first-order chi connectivity index (χ1) is 5.99. The summed E-state index contributed by atoms with van der Waals surface area (Å²) in [4.78, 5) is 0. The predicted molar refractivity (Wildman–Crippen MR) is 53.3 cm³/mol. The fourth-order valence-electron chi connectivity index (χ4n) is 2.32. The molecule has 1 rings (SSSR count). The van der Waals surface area contributed by atoms with E-state index in [9.17, 15) is 5.11 Å². The number of hydrogen-bond acceptors (Lipinski definition) is 2. The fourth-order valence-corrected chi connectivity index (χ4v) is 2.32. The van der Waals surface area contributed by atoms with Crippen molar-refractivity contribution in [1.82, 2.24) is 0 Å². The van der Waals surface area contributed by atoms with Crippen LogP contribution in [0.25, 0.3) is 0 Å². The zero-order valence-corrected chi connectivity index (χ0v) is 9.00. The van der Waals surface area contributed by atoms with Crippen LogP contribution in [0.1, 0.15) is 33.6 Å². The van der Waals surface area contributed by atoms with E-state index in [1.807, 2.05) is 0 Å². The predicted octanol–water partition coefficient (Wildman–Crippen LogP) is 2.33. The highest BCUT2D eigenvalue weighted by molar-refractivity contribution is 5.13. The summed E-state index contributed by atoms with van der Waals surface area (Å²) in [5, 5.41) is 9.73. The second-order valence-corrected chi connectivity index (χ2v) is 4.58. The number of methoxy groups -OCH3 is 1. The van der Waals surface area contributed by atoms with Crippen LogP contribution in [-0.4, -0.2) is 18.5 Å². The molecule has 0 radical (unpaired) electrons. The van der Waals surface area contributed by atoms with Crippen molar-refractivity contribution in [2.45, 2.75) is 39.9 Å². The smallest absolute Gasteiger partial charge is 0.161 e. The first kappa shape index (κ1) is 10.7. The molecular weight excluding hydrogens is 164 g/mol. The van der Waals surface area contributed by atoms with E-state index in [0.29, 0.717) is 0 Å². The molecule has 1 aliphatic carbocycles. The van der Waals surface area contributed by atoms with Gasteiger partial charge >= 0.3 is 0 Å². The van der Waals surface area contributed by atoms with Crippen LogP contribution >= 0.6 is 0 Å². The van der Waals surface area contributed by atoms with Crippen LogP contribution in [0.4, 0.5) is 0 Å². The number of allylic oxidation sites excluding steroid dienone is 1. The molecule has 2 nitrogen and oxygen atoms in total. The lowest BCUT2D eigenvalue weighted by atomic mass is 9.68. The topological polar surface area (TPSA) is 29.5 Å². The van der Waals surface area contributed by atoms with E-state index in [1.54, 1.807) is 7.11 Å². The average molecular weight is 184 g/mol. The Morgan fingerprint density at radius 2 is 2.23 bits per heavy atom. The first-order valence-corrected chi connectivity index (χ1v) is 4.86. The molecule has 0 aromatic carbocycles. The molecule has 0 aromatic heterocycles. The van der Waals surface area contributed by atoms with Gasteiger partial charge in [-0.05, 0) is 25.2 Å². The largest absolute Gasteiger partial charge is 0.367 e. The van der Waals surface area contributed by atoms with Gasteiger partial charge in [0.2, 0.25) is 0 Å². The van der Waals surface area contributed by atoms with Crippen molar-refractivity contribution in [2.24, 2.45) is 11.3 Å². The monoisotopic (exact) mass is 184 g/mol. The summed E-state index contributed by atoms with van der Waals surface area (Å²) >= 11 is 0. The Bertz CT molecular complexity index is 206. The molecule has 1 N–H and O–H groups in total. The van der Waals surface area contributed by atoms with Gasteiger partial charge in [0.15, 0.2) is 6.29 Å².